The Morgan fingerprint density at radius 2 is 1.95 bits per heavy atom. The summed E-state index contributed by atoms with van der Waals surface area (Å²) in [7, 11) is -3.85. The number of benzene rings is 2. The van der Waals surface area contributed by atoms with E-state index in [0.717, 1.165) is 15.8 Å². The first-order valence-electron chi connectivity index (χ1n) is 11.3. The third-order valence-electron chi connectivity index (χ3n) is 5.72. The minimum atomic E-state index is -3.85. The molecule has 1 saturated heterocycles. The van der Waals surface area contributed by atoms with Crippen LogP contribution < -0.4 is 15.4 Å². The number of amides is 1. The average molecular weight is 578 g/mol. The van der Waals surface area contributed by atoms with E-state index in [1.165, 1.54) is 28.4 Å². The Morgan fingerprint density at radius 3 is 2.73 bits per heavy atom. The largest absolute Gasteiger partial charge is 0.340 e. The highest BCUT2D eigenvalue weighted by atomic mass is 35.5. The molecule has 0 aliphatic carbocycles. The Labute approximate surface area is 227 Å². The normalized spacial score (nSPS) is 18.1. The second-order valence-electron chi connectivity index (χ2n) is 8.37. The summed E-state index contributed by atoms with van der Waals surface area (Å²) in [5.74, 6) is 0.0108. The molecule has 13 heteroatoms. The van der Waals surface area contributed by atoms with Crippen molar-refractivity contribution in [1.82, 2.24) is 20.2 Å². The Kier molecular flexibility index (Phi) is 7.24. The van der Waals surface area contributed by atoms with E-state index in [2.05, 4.69) is 25.3 Å². The number of fused-ring (bicyclic) bond motifs is 1. The molecule has 2 atom stereocenters. The summed E-state index contributed by atoms with van der Waals surface area (Å²) in [5, 5.41) is 6.40. The van der Waals surface area contributed by atoms with Crippen molar-refractivity contribution >= 4 is 77.3 Å². The van der Waals surface area contributed by atoms with Crippen molar-refractivity contribution in [3.8, 4) is 0 Å². The van der Waals surface area contributed by atoms with Crippen LogP contribution in [0.5, 0.6) is 0 Å². The number of carbonyl (C=O) groups excluding carboxylic acids is 1. The molecule has 1 fully saturated rings. The van der Waals surface area contributed by atoms with Gasteiger partial charge < -0.3 is 10.2 Å². The quantitative estimate of drug-likeness (QED) is 0.224. The van der Waals surface area contributed by atoms with Crippen LogP contribution in [0.25, 0.3) is 10.2 Å². The molecule has 9 nitrogen and oxygen atoms in total. The minimum absolute atomic E-state index is 0.0739. The van der Waals surface area contributed by atoms with Gasteiger partial charge in [0.2, 0.25) is 0 Å². The number of hydrogen-bond acceptors (Lipinski definition) is 8. The third kappa shape index (κ3) is 5.51. The molecule has 192 valence electrons. The van der Waals surface area contributed by atoms with Crippen molar-refractivity contribution in [2.75, 3.05) is 23.1 Å². The van der Waals surface area contributed by atoms with Crippen molar-refractivity contribution in [3.05, 3.63) is 71.9 Å². The molecule has 0 spiro atoms. The molecule has 3 heterocycles. The fourth-order valence-electron chi connectivity index (χ4n) is 3.85. The molecule has 5 rings (SSSR count). The summed E-state index contributed by atoms with van der Waals surface area (Å²) < 4.78 is 29.3. The van der Waals surface area contributed by atoms with Gasteiger partial charge in [-0.05, 0) is 61.0 Å². The number of rotatable bonds is 6. The van der Waals surface area contributed by atoms with Crippen molar-refractivity contribution in [2.45, 2.75) is 22.8 Å². The van der Waals surface area contributed by atoms with Crippen molar-refractivity contribution in [2.24, 2.45) is 0 Å². The topological polar surface area (TPSA) is 116 Å². The van der Waals surface area contributed by atoms with Crippen molar-refractivity contribution in [3.63, 3.8) is 0 Å². The lowest BCUT2D eigenvalue weighted by molar-refractivity contribution is 0.0694. The molecule has 3 N–H and O–H groups in total. The molecule has 37 heavy (non-hydrogen) atoms. The number of piperazine rings is 1. The number of pyridine rings is 1. The fourth-order valence-corrected chi connectivity index (χ4v) is 6.57. The number of nitrogens with zero attached hydrogens (tertiary/aromatic N) is 3. The van der Waals surface area contributed by atoms with Gasteiger partial charge in [0.15, 0.2) is 5.13 Å². The molecule has 2 aromatic carbocycles. The molecule has 1 amide bonds. The zero-order chi connectivity index (χ0) is 26.2. The second-order valence-corrected chi connectivity index (χ2v) is 12.0. The van der Waals surface area contributed by atoms with Gasteiger partial charge in [-0.25, -0.2) is 18.4 Å². The predicted octanol–water partition coefficient (Wildman–Crippen LogP) is 4.72. The summed E-state index contributed by atoms with van der Waals surface area (Å²) >= 11 is 13.8. The summed E-state index contributed by atoms with van der Waals surface area (Å²) in [4.78, 5) is 23.4. The predicted molar refractivity (Wildman–Crippen MR) is 147 cm³/mol. The number of anilines is 3. The van der Waals surface area contributed by atoms with Crippen LogP contribution in [0.4, 0.5) is 16.6 Å². The number of aromatic nitrogens is 2. The number of aryl methyl sites for hydroxylation is 1. The van der Waals surface area contributed by atoms with E-state index in [9.17, 15) is 13.2 Å². The van der Waals surface area contributed by atoms with E-state index in [4.69, 9.17) is 23.2 Å². The van der Waals surface area contributed by atoms with Gasteiger partial charge in [-0.15, -0.1) is 11.6 Å². The molecular formula is C24H22Cl2N6O3S2. The smallest absolute Gasteiger partial charge is 0.263 e. The molecule has 0 bridgehead atoms. The van der Waals surface area contributed by atoms with Gasteiger partial charge in [0.1, 0.15) is 16.8 Å². The highest BCUT2D eigenvalue weighted by molar-refractivity contribution is 7.93. The number of nitrogens with one attached hydrogen (secondary N) is 3. The van der Waals surface area contributed by atoms with Crippen LogP contribution in [-0.4, -0.2) is 53.3 Å². The number of sulfonamides is 1. The lowest BCUT2D eigenvalue weighted by atomic mass is 10.2. The van der Waals surface area contributed by atoms with Gasteiger partial charge in [-0.3, -0.25) is 14.8 Å². The SMILES string of the molecule is Cc1ccc2nc(NS(=O)(=O)c3ccc(Nc4ncccc4C(=O)N4CCNC(Cl)C4Cl)cc3)sc2c1. The number of thiazole rings is 1. The Hall–Kier alpha value is -2.96. The fraction of sp³-hybridized carbons (Fsp3) is 0.208. The van der Waals surface area contributed by atoms with Gasteiger partial charge in [0, 0.05) is 25.0 Å². The Morgan fingerprint density at radius 1 is 1.16 bits per heavy atom. The number of carbonyl (C=O) groups is 1. The monoisotopic (exact) mass is 576 g/mol. The molecular weight excluding hydrogens is 555 g/mol. The molecule has 4 aromatic rings. The zero-order valence-electron chi connectivity index (χ0n) is 19.5. The Balaban J connectivity index is 1.32. The lowest BCUT2D eigenvalue weighted by Crippen LogP contribution is -2.55. The first-order valence-corrected chi connectivity index (χ1v) is 14.4. The second kappa shape index (κ2) is 10.4. The molecule has 2 aromatic heterocycles. The maximum absolute atomic E-state index is 13.2. The van der Waals surface area contributed by atoms with Crippen LogP contribution in [0.3, 0.4) is 0 Å². The van der Waals surface area contributed by atoms with Crippen LogP contribution in [0, 0.1) is 6.92 Å². The average Bonchev–Trinajstić information content (AvgIpc) is 3.26. The minimum Gasteiger partial charge on any atom is -0.340 e. The number of halogens is 2. The summed E-state index contributed by atoms with van der Waals surface area (Å²) in [6, 6.07) is 15.2. The van der Waals surface area contributed by atoms with E-state index >= 15 is 0 Å². The van der Waals surface area contributed by atoms with Crippen LogP contribution >= 0.6 is 34.5 Å². The molecule has 0 saturated carbocycles. The first-order chi connectivity index (χ1) is 17.7. The molecule has 1 aliphatic heterocycles. The van der Waals surface area contributed by atoms with E-state index in [1.54, 1.807) is 30.5 Å². The third-order valence-corrected chi connectivity index (χ3v) is 9.15. The van der Waals surface area contributed by atoms with Crippen molar-refractivity contribution < 1.29 is 13.2 Å². The highest BCUT2D eigenvalue weighted by Crippen LogP contribution is 2.29. The summed E-state index contributed by atoms with van der Waals surface area (Å²) in [6.45, 7) is 2.89. The standard InChI is InChI=1S/C24H22Cl2N6O3S2/c1-14-4-9-18-19(13-14)36-24(30-18)31-37(34,35)16-7-5-15(6-8-16)29-22-17(3-2-10-28-22)23(33)32-12-11-27-20(25)21(32)26/h2-10,13,20-21,27H,11-12H2,1H3,(H,28,29)(H,30,31). The van der Waals surface area contributed by atoms with Crippen molar-refractivity contribution in [1.29, 1.82) is 0 Å². The van der Waals surface area contributed by atoms with Gasteiger partial charge >= 0.3 is 0 Å². The van der Waals surface area contributed by atoms with Gasteiger partial charge in [0.05, 0.1) is 20.7 Å². The zero-order valence-corrected chi connectivity index (χ0v) is 22.6. The van der Waals surface area contributed by atoms with Crippen LogP contribution in [-0.2, 0) is 10.0 Å². The van der Waals surface area contributed by atoms with Crippen LogP contribution in [0.15, 0.2) is 65.7 Å². The summed E-state index contributed by atoms with van der Waals surface area (Å²) in [6.07, 6.45) is 1.56. The van der Waals surface area contributed by atoms with Gasteiger partial charge in [-0.2, -0.15) is 0 Å². The highest BCUT2D eigenvalue weighted by Gasteiger charge is 2.33. The number of hydrogen-bond donors (Lipinski definition) is 3. The summed E-state index contributed by atoms with van der Waals surface area (Å²) in [5.41, 5.74) is 1.40. The maximum atomic E-state index is 13.2. The van der Waals surface area contributed by atoms with Gasteiger partial charge in [0.25, 0.3) is 15.9 Å². The van der Waals surface area contributed by atoms with Crippen LogP contribution in [0.2, 0.25) is 0 Å². The lowest BCUT2D eigenvalue weighted by Gasteiger charge is -2.35. The molecule has 2 unspecified atom stereocenters. The Bertz CT molecular complexity index is 1560. The van der Waals surface area contributed by atoms with E-state index in [0.29, 0.717) is 35.3 Å². The molecule has 1 aliphatic rings. The van der Waals surface area contributed by atoms with Gasteiger partial charge in [-0.1, -0.05) is 29.0 Å². The molecule has 0 radical (unpaired) electrons. The van der Waals surface area contributed by atoms with Crippen LogP contribution in [0.1, 0.15) is 15.9 Å². The number of alkyl halides is 2. The first kappa shape index (κ1) is 25.7. The van der Waals surface area contributed by atoms with E-state index < -0.39 is 21.0 Å². The van der Waals surface area contributed by atoms with E-state index in [-0.39, 0.29) is 10.8 Å². The van der Waals surface area contributed by atoms with E-state index in [1.807, 2.05) is 25.1 Å². The maximum Gasteiger partial charge on any atom is 0.263 e.